The number of fused-ring (bicyclic) bond motifs is 3. The highest BCUT2D eigenvalue weighted by Gasteiger charge is 2.45. The van der Waals surface area contributed by atoms with Crippen LogP contribution in [0.25, 0.3) is 11.1 Å². The Kier molecular flexibility index (Phi) is 5.61. The molecule has 0 fully saturated rings. The molecule has 0 atom stereocenters. The number of benzene rings is 2. The predicted octanol–water partition coefficient (Wildman–Crippen LogP) is 4.72. The highest BCUT2D eigenvalue weighted by molar-refractivity contribution is 5.84. The van der Waals surface area contributed by atoms with Crippen LogP contribution in [0.15, 0.2) is 36.4 Å². The fourth-order valence-corrected chi connectivity index (χ4v) is 4.48. The second-order valence-electron chi connectivity index (χ2n) is 6.89. The average Bonchev–Trinajstić information content (AvgIpc) is 2.95. The first kappa shape index (κ1) is 18.2. The van der Waals surface area contributed by atoms with Gasteiger partial charge >= 0.3 is 0 Å². The van der Waals surface area contributed by atoms with E-state index in [-0.39, 0.29) is 5.41 Å². The van der Waals surface area contributed by atoms with E-state index in [1.807, 2.05) is 0 Å². The monoisotopic (exact) mass is 337 g/mol. The molecule has 0 bridgehead atoms. The summed E-state index contributed by atoms with van der Waals surface area (Å²) in [7, 11) is 0. The minimum Gasteiger partial charge on any atom is -0.380 e. The van der Waals surface area contributed by atoms with Crippen LogP contribution in [0.1, 0.15) is 49.9 Å². The first-order valence-electron chi connectivity index (χ1n) is 9.77. The minimum absolute atomic E-state index is 0.0874. The van der Waals surface area contributed by atoms with Gasteiger partial charge in [0.15, 0.2) is 0 Å². The van der Waals surface area contributed by atoms with Crippen LogP contribution in [0.4, 0.5) is 0 Å². The summed E-state index contributed by atoms with van der Waals surface area (Å²) in [4.78, 5) is 0. The van der Waals surface area contributed by atoms with E-state index < -0.39 is 0 Å². The van der Waals surface area contributed by atoms with Crippen molar-refractivity contribution in [3.8, 4) is 11.1 Å². The summed E-state index contributed by atoms with van der Waals surface area (Å²) in [5, 5.41) is 3.64. The van der Waals surface area contributed by atoms with E-state index in [9.17, 15) is 0 Å². The van der Waals surface area contributed by atoms with Crippen molar-refractivity contribution in [1.29, 1.82) is 0 Å². The fourth-order valence-electron chi connectivity index (χ4n) is 4.48. The van der Waals surface area contributed by atoms with Crippen molar-refractivity contribution in [3.63, 3.8) is 0 Å². The molecule has 0 aromatic heterocycles. The third-order valence-electron chi connectivity index (χ3n) is 5.54. The fraction of sp³-hybridized carbons (Fsp3) is 0.478. The van der Waals surface area contributed by atoms with E-state index in [0.717, 1.165) is 39.1 Å². The molecule has 0 saturated carbocycles. The third-order valence-corrected chi connectivity index (χ3v) is 5.54. The highest BCUT2D eigenvalue weighted by atomic mass is 16.5. The average molecular weight is 338 g/mol. The molecule has 0 unspecified atom stereocenters. The molecule has 0 radical (unpaired) electrons. The van der Waals surface area contributed by atoms with Gasteiger partial charge in [0.25, 0.3) is 0 Å². The Morgan fingerprint density at radius 1 is 0.840 bits per heavy atom. The zero-order valence-corrected chi connectivity index (χ0v) is 16.1. The quantitative estimate of drug-likeness (QED) is 0.752. The van der Waals surface area contributed by atoms with Crippen LogP contribution in [0, 0.1) is 0 Å². The van der Waals surface area contributed by atoms with Gasteiger partial charge in [-0.25, -0.2) is 0 Å². The Morgan fingerprint density at radius 3 is 1.84 bits per heavy atom. The summed E-state index contributed by atoms with van der Waals surface area (Å²) in [6.07, 6.45) is 2.11. The van der Waals surface area contributed by atoms with Crippen LogP contribution in [-0.2, 0) is 23.0 Å². The summed E-state index contributed by atoms with van der Waals surface area (Å²) in [5.74, 6) is 0. The largest absolute Gasteiger partial charge is 0.380 e. The van der Waals surface area contributed by atoms with Gasteiger partial charge in [-0.3, -0.25) is 0 Å². The molecule has 2 nitrogen and oxygen atoms in total. The number of rotatable bonds is 8. The zero-order valence-electron chi connectivity index (χ0n) is 16.1. The van der Waals surface area contributed by atoms with Crippen LogP contribution >= 0.6 is 0 Å². The molecule has 0 amide bonds. The molecule has 25 heavy (non-hydrogen) atoms. The lowest BCUT2D eigenvalue weighted by atomic mass is 9.74. The Labute approximate surface area is 152 Å². The number of hydrogen-bond acceptors (Lipinski definition) is 2. The molecule has 0 heterocycles. The maximum absolute atomic E-state index is 6.09. The molecule has 3 rings (SSSR count). The summed E-state index contributed by atoms with van der Waals surface area (Å²) in [6.45, 7) is 12.2. The molecule has 2 aromatic carbocycles. The molecular weight excluding hydrogens is 306 g/mol. The SMILES string of the molecule is CCNCC1(COCC)c2c(CC)cccc2-c2cccc(CC)c21. The van der Waals surface area contributed by atoms with Crippen molar-refractivity contribution >= 4 is 0 Å². The molecule has 0 spiro atoms. The lowest BCUT2D eigenvalue weighted by molar-refractivity contribution is 0.107. The van der Waals surface area contributed by atoms with Crippen molar-refractivity contribution in [1.82, 2.24) is 5.32 Å². The number of nitrogens with one attached hydrogen (secondary N) is 1. The van der Waals surface area contributed by atoms with Gasteiger partial charge in [-0.2, -0.15) is 0 Å². The van der Waals surface area contributed by atoms with Crippen molar-refractivity contribution in [2.45, 2.75) is 46.0 Å². The first-order valence-corrected chi connectivity index (χ1v) is 9.77. The summed E-state index contributed by atoms with van der Waals surface area (Å²) in [6, 6.07) is 13.6. The number of ether oxygens (including phenoxy) is 1. The van der Waals surface area contributed by atoms with Crippen LogP contribution in [0.2, 0.25) is 0 Å². The molecule has 2 heteroatoms. The lowest BCUT2D eigenvalue weighted by Gasteiger charge is -2.35. The smallest absolute Gasteiger partial charge is 0.0616 e. The summed E-state index contributed by atoms with van der Waals surface area (Å²) in [5.41, 5.74) is 8.60. The Bertz CT molecular complexity index is 671. The van der Waals surface area contributed by atoms with Gasteiger partial charge in [0.1, 0.15) is 0 Å². The standard InChI is InChI=1S/C23H31NO/c1-5-17-11-9-13-19-20-14-10-12-18(6-2)22(20)23(21(17)19,15-24-7-3)16-25-8-4/h9-14,24H,5-8,15-16H2,1-4H3. The van der Waals surface area contributed by atoms with Gasteiger partial charge in [-0.15, -0.1) is 0 Å². The van der Waals surface area contributed by atoms with Crippen molar-refractivity contribution in [3.05, 3.63) is 58.7 Å². The molecule has 1 aliphatic carbocycles. The summed E-state index contributed by atoms with van der Waals surface area (Å²) >= 11 is 0. The number of hydrogen-bond donors (Lipinski definition) is 1. The molecule has 134 valence electrons. The van der Waals surface area contributed by atoms with Crippen molar-refractivity contribution in [2.75, 3.05) is 26.3 Å². The van der Waals surface area contributed by atoms with Gasteiger partial charge in [0.2, 0.25) is 0 Å². The molecule has 0 saturated heterocycles. The molecule has 2 aromatic rings. The Hall–Kier alpha value is -1.64. The van der Waals surface area contributed by atoms with Gasteiger partial charge in [-0.05, 0) is 59.7 Å². The number of aryl methyl sites for hydroxylation is 2. The second-order valence-corrected chi connectivity index (χ2v) is 6.89. The van der Waals surface area contributed by atoms with E-state index in [2.05, 4.69) is 69.4 Å². The summed E-state index contributed by atoms with van der Waals surface area (Å²) < 4.78 is 6.09. The van der Waals surface area contributed by atoms with Gasteiger partial charge in [0, 0.05) is 13.2 Å². The van der Waals surface area contributed by atoms with Crippen LogP contribution < -0.4 is 5.32 Å². The maximum atomic E-state index is 6.09. The second kappa shape index (κ2) is 7.72. The van der Waals surface area contributed by atoms with Gasteiger partial charge in [0.05, 0.1) is 12.0 Å². The molecular formula is C23H31NO. The van der Waals surface area contributed by atoms with Crippen LogP contribution in [0.3, 0.4) is 0 Å². The van der Waals surface area contributed by atoms with Crippen LogP contribution in [-0.4, -0.2) is 26.3 Å². The van der Waals surface area contributed by atoms with E-state index in [0.29, 0.717) is 0 Å². The molecule has 0 aliphatic heterocycles. The minimum atomic E-state index is -0.0874. The topological polar surface area (TPSA) is 21.3 Å². The Balaban J connectivity index is 2.32. The van der Waals surface area contributed by atoms with Gasteiger partial charge in [-0.1, -0.05) is 57.2 Å². The molecule has 1 aliphatic rings. The van der Waals surface area contributed by atoms with Gasteiger partial charge < -0.3 is 10.1 Å². The predicted molar refractivity (Wildman–Crippen MR) is 106 cm³/mol. The van der Waals surface area contributed by atoms with E-state index in [1.54, 1.807) is 0 Å². The normalized spacial score (nSPS) is 14.4. The number of likely N-dealkylation sites (N-methyl/N-ethyl adjacent to an activating group) is 1. The molecule has 1 N–H and O–H groups in total. The zero-order chi connectivity index (χ0) is 17.9. The first-order chi connectivity index (χ1) is 12.2. The van der Waals surface area contributed by atoms with E-state index in [4.69, 9.17) is 4.74 Å². The highest BCUT2D eigenvalue weighted by Crippen LogP contribution is 2.51. The Morgan fingerprint density at radius 2 is 1.40 bits per heavy atom. The lowest BCUT2D eigenvalue weighted by Crippen LogP contribution is -2.43. The van der Waals surface area contributed by atoms with Crippen LogP contribution in [0.5, 0.6) is 0 Å². The third kappa shape index (κ3) is 2.92. The van der Waals surface area contributed by atoms with Crippen molar-refractivity contribution in [2.24, 2.45) is 0 Å². The van der Waals surface area contributed by atoms with E-state index >= 15 is 0 Å². The van der Waals surface area contributed by atoms with Crippen molar-refractivity contribution < 1.29 is 4.74 Å². The van der Waals surface area contributed by atoms with E-state index in [1.165, 1.54) is 33.4 Å². The maximum Gasteiger partial charge on any atom is 0.0616 e.